The molecule has 7 heteroatoms. The lowest BCUT2D eigenvalue weighted by molar-refractivity contribution is 0.185. The number of oxazole rings is 2. The van der Waals surface area contributed by atoms with Crippen molar-refractivity contribution < 1.29 is 18.0 Å². The lowest BCUT2D eigenvalue weighted by atomic mass is 9.98. The van der Waals surface area contributed by atoms with Gasteiger partial charge in [-0.25, -0.2) is 14.4 Å². The number of methoxy groups -OCH3 is 1. The number of halogens is 1. The molecule has 2 aromatic heterocycles. The molecule has 31 heavy (non-hydrogen) atoms. The standard InChI is InChI=1S/C24H24FN3O3/c1-15-20(27-23(30-15)16-9-10-18(25)22(12-16)29-2)14-28-11-5-6-17(13-28)24-26-19-7-3-4-8-21(19)31-24/h3-4,7-10,12,17H,5-6,11,13-14H2,1-2H3. The van der Waals surface area contributed by atoms with Crippen molar-refractivity contribution in [2.45, 2.75) is 32.2 Å². The summed E-state index contributed by atoms with van der Waals surface area (Å²) in [5.41, 5.74) is 3.31. The van der Waals surface area contributed by atoms with Crippen molar-refractivity contribution in [1.82, 2.24) is 14.9 Å². The van der Waals surface area contributed by atoms with Crippen molar-refractivity contribution in [3.05, 3.63) is 65.6 Å². The van der Waals surface area contributed by atoms with Gasteiger partial charge in [-0.15, -0.1) is 0 Å². The normalized spacial score (nSPS) is 17.3. The third-order valence-corrected chi connectivity index (χ3v) is 5.83. The molecule has 0 bridgehead atoms. The fourth-order valence-electron chi connectivity index (χ4n) is 4.17. The summed E-state index contributed by atoms with van der Waals surface area (Å²) in [6, 6.07) is 12.5. The Morgan fingerprint density at radius 3 is 2.87 bits per heavy atom. The summed E-state index contributed by atoms with van der Waals surface area (Å²) >= 11 is 0. The van der Waals surface area contributed by atoms with E-state index >= 15 is 0 Å². The first-order chi connectivity index (χ1) is 15.1. The molecule has 160 valence electrons. The smallest absolute Gasteiger partial charge is 0.226 e. The fourth-order valence-corrected chi connectivity index (χ4v) is 4.17. The molecule has 0 saturated carbocycles. The zero-order valence-corrected chi connectivity index (χ0v) is 17.6. The van der Waals surface area contributed by atoms with Gasteiger partial charge in [-0.2, -0.15) is 0 Å². The molecule has 0 spiro atoms. The molecule has 1 saturated heterocycles. The Morgan fingerprint density at radius 1 is 1.16 bits per heavy atom. The van der Waals surface area contributed by atoms with Crippen LogP contribution in [0.3, 0.4) is 0 Å². The van der Waals surface area contributed by atoms with E-state index in [1.165, 1.54) is 13.2 Å². The van der Waals surface area contributed by atoms with Crippen LogP contribution in [0.4, 0.5) is 4.39 Å². The molecule has 0 aliphatic carbocycles. The molecule has 4 aromatic rings. The molecule has 1 atom stereocenters. The molecule has 2 aromatic carbocycles. The minimum absolute atomic E-state index is 0.173. The van der Waals surface area contributed by atoms with Crippen LogP contribution in [0.1, 0.15) is 36.1 Å². The Hall–Kier alpha value is -3.19. The second-order valence-electron chi connectivity index (χ2n) is 7.97. The Labute approximate surface area is 179 Å². The van der Waals surface area contributed by atoms with E-state index < -0.39 is 5.82 Å². The third kappa shape index (κ3) is 3.93. The van der Waals surface area contributed by atoms with Gasteiger partial charge in [0, 0.05) is 24.6 Å². The number of fused-ring (bicyclic) bond motifs is 1. The molecule has 3 heterocycles. The predicted molar refractivity (Wildman–Crippen MR) is 114 cm³/mol. The summed E-state index contributed by atoms with van der Waals surface area (Å²) in [5.74, 6) is 2.07. The number of hydrogen-bond acceptors (Lipinski definition) is 6. The van der Waals surface area contributed by atoms with Crippen LogP contribution in [0, 0.1) is 12.7 Å². The van der Waals surface area contributed by atoms with E-state index in [4.69, 9.17) is 18.6 Å². The maximum atomic E-state index is 13.7. The van der Waals surface area contributed by atoms with Gasteiger partial charge in [-0.05, 0) is 56.6 Å². The number of likely N-dealkylation sites (tertiary alicyclic amines) is 1. The number of nitrogens with zero attached hydrogens (tertiary/aromatic N) is 3. The van der Waals surface area contributed by atoms with Gasteiger partial charge in [0.25, 0.3) is 0 Å². The highest BCUT2D eigenvalue weighted by molar-refractivity contribution is 5.72. The maximum absolute atomic E-state index is 13.7. The van der Waals surface area contributed by atoms with Gasteiger partial charge in [0.1, 0.15) is 11.3 Å². The Bertz CT molecular complexity index is 1180. The first kappa shape index (κ1) is 19.8. The minimum Gasteiger partial charge on any atom is -0.494 e. The Balaban J connectivity index is 1.33. The van der Waals surface area contributed by atoms with Crippen LogP contribution in [0.25, 0.3) is 22.6 Å². The first-order valence-electron chi connectivity index (χ1n) is 10.5. The van der Waals surface area contributed by atoms with Crippen LogP contribution in [0.5, 0.6) is 5.75 Å². The zero-order valence-electron chi connectivity index (χ0n) is 17.6. The quantitative estimate of drug-likeness (QED) is 0.435. The van der Waals surface area contributed by atoms with E-state index in [1.54, 1.807) is 12.1 Å². The Morgan fingerprint density at radius 2 is 2.03 bits per heavy atom. The van der Waals surface area contributed by atoms with Crippen molar-refractivity contribution >= 4 is 11.1 Å². The van der Waals surface area contributed by atoms with Crippen LogP contribution in [0.2, 0.25) is 0 Å². The number of para-hydroxylation sites is 2. The lowest BCUT2D eigenvalue weighted by Gasteiger charge is -2.30. The highest BCUT2D eigenvalue weighted by Crippen LogP contribution is 2.31. The number of hydrogen-bond donors (Lipinski definition) is 0. The fraction of sp³-hybridized carbons (Fsp3) is 0.333. The van der Waals surface area contributed by atoms with E-state index in [9.17, 15) is 4.39 Å². The lowest BCUT2D eigenvalue weighted by Crippen LogP contribution is -2.34. The second kappa shape index (κ2) is 8.15. The molecule has 6 nitrogen and oxygen atoms in total. The highest BCUT2D eigenvalue weighted by atomic mass is 19.1. The van der Waals surface area contributed by atoms with E-state index in [2.05, 4.69) is 9.88 Å². The maximum Gasteiger partial charge on any atom is 0.226 e. The zero-order chi connectivity index (χ0) is 21.4. The van der Waals surface area contributed by atoms with Crippen molar-refractivity contribution in [3.63, 3.8) is 0 Å². The van der Waals surface area contributed by atoms with Crippen LogP contribution >= 0.6 is 0 Å². The first-order valence-corrected chi connectivity index (χ1v) is 10.5. The van der Waals surface area contributed by atoms with Gasteiger partial charge < -0.3 is 13.6 Å². The molecule has 1 unspecified atom stereocenters. The topological polar surface area (TPSA) is 64.5 Å². The van der Waals surface area contributed by atoms with Crippen LogP contribution in [-0.2, 0) is 6.54 Å². The largest absolute Gasteiger partial charge is 0.494 e. The van der Waals surface area contributed by atoms with Gasteiger partial charge in [0.2, 0.25) is 5.89 Å². The summed E-state index contributed by atoms with van der Waals surface area (Å²) in [5, 5.41) is 0. The van der Waals surface area contributed by atoms with E-state index in [1.807, 2.05) is 31.2 Å². The summed E-state index contributed by atoms with van der Waals surface area (Å²) in [6.45, 7) is 4.45. The summed E-state index contributed by atoms with van der Waals surface area (Å²) in [7, 11) is 1.44. The van der Waals surface area contributed by atoms with Crippen molar-refractivity contribution in [3.8, 4) is 17.2 Å². The van der Waals surface area contributed by atoms with E-state index in [0.29, 0.717) is 18.0 Å². The van der Waals surface area contributed by atoms with Gasteiger partial charge >= 0.3 is 0 Å². The molecular weight excluding hydrogens is 397 g/mol. The van der Waals surface area contributed by atoms with E-state index in [0.717, 1.165) is 54.4 Å². The van der Waals surface area contributed by atoms with Crippen molar-refractivity contribution in [2.75, 3.05) is 20.2 Å². The molecule has 0 amide bonds. The van der Waals surface area contributed by atoms with Crippen LogP contribution in [-0.4, -0.2) is 35.1 Å². The molecular formula is C24H24FN3O3. The molecule has 1 aliphatic rings. The number of aromatic nitrogens is 2. The van der Waals surface area contributed by atoms with Gasteiger partial charge in [0.15, 0.2) is 23.0 Å². The van der Waals surface area contributed by atoms with E-state index in [-0.39, 0.29) is 11.7 Å². The minimum atomic E-state index is -0.409. The number of piperidine rings is 1. The molecule has 0 radical (unpaired) electrons. The van der Waals surface area contributed by atoms with Crippen molar-refractivity contribution in [2.24, 2.45) is 0 Å². The summed E-state index contributed by atoms with van der Waals surface area (Å²) in [6.07, 6.45) is 2.13. The van der Waals surface area contributed by atoms with Crippen LogP contribution in [0.15, 0.2) is 51.3 Å². The van der Waals surface area contributed by atoms with Crippen LogP contribution < -0.4 is 4.74 Å². The number of rotatable bonds is 5. The molecule has 5 rings (SSSR count). The number of ether oxygens (including phenoxy) is 1. The van der Waals surface area contributed by atoms with Gasteiger partial charge in [0.05, 0.1) is 12.8 Å². The average molecular weight is 421 g/mol. The third-order valence-electron chi connectivity index (χ3n) is 5.83. The molecule has 1 fully saturated rings. The SMILES string of the molecule is COc1cc(-c2nc(CN3CCCC(c4nc5ccccc5o4)C3)c(C)o2)ccc1F. The van der Waals surface area contributed by atoms with Gasteiger partial charge in [-0.1, -0.05) is 12.1 Å². The molecule has 0 N–H and O–H groups in total. The average Bonchev–Trinajstić information content (AvgIpc) is 3.38. The summed E-state index contributed by atoms with van der Waals surface area (Å²) in [4.78, 5) is 11.7. The Kier molecular flexibility index (Phi) is 5.19. The number of aryl methyl sites for hydroxylation is 1. The predicted octanol–water partition coefficient (Wildman–Crippen LogP) is 5.32. The number of benzene rings is 2. The van der Waals surface area contributed by atoms with Gasteiger partial charge in [-0.3, -0.25) is 4.90 Å². The molecule has 1 aliphatic heterocycles. The highest BCUT2D eigenvalue weighted by Gasteiger charge is 2.27. The monoisotopic (exact) mass is 421 g/mol. The van der Waals surface area contributed by atoms with Crippen molar-refractivity contribution in [1.29, 1.82) is 0 Å². The summed E-state index contributed by atoms with van der Waals surface area (Å²) < 4.78 is 30.7. The second-order valence-corrected chi connectivity index (χ2v) is 7.97.